The second-order valence-electron chi connectivity index (χ2n) is 3.89. The zero-order chi connectivity index (χ0) is 12.5. The van der Waals surface area contributed by atoms with Crippen molar-refractivity contribution in [2.24, 2.45) is 0 Å². The van der Waals surface area contributed by atoms with Crippen LogP contribution >= 0.6 is 0 Å². The molecule has 0 aliphatic carbocycles. The average Bonchev–Trinajstić information content (AvgIpc) is 2.39. The summed E-state index contributed by atoms with van der Waals surface area (Å²) >= 11 is 0. The standard InChI is InChI=1S/C13H23N3O/c1-4-16(5-2)9-8-15-10-12-6-7-14-11-13(12)17-3/h6-7,11,15H,4-5,8-10H2,1-3H3. The van der Waals surface area contributed by atoms with Crippen LogP contribution in [0.15, 0.2) is 18.5 Å². The lowest BCUT2D eigenvalue weighted by Gasteiger charge is -2.18. The van der Waals surface area contributed by atoms with E-state index in [0.717, 1.165) is 44.0 Å². The Morgan fingerprint density at radius 3 is 2.76 bits per heavy atom. The van der Waals surface area contributed by atoms with E-state index in [0.29, 0.717) is 0 Å². The molecule has 0 radical (unpaired) electrons. The number of pyridine rings is 1. The van der Waals surface area contributed by atoms with Gasteiger partial charge >= 0.3 is 0 Å². The molecule has 17 heavy (non-hydrogen) atoms. The molecule has 1 heterocycles. The van der Waals surface area contributed by atoms with Crippen molar-refractivity contribution >= 4 is 0 Å². The Kier molecular flexibility index (Phi) is 6.58. The van der Waals surface area contributed by atoms with Crippen molar-refractivity contribution in [3.05, 3.63) is 24.0 Å². The molecule has 0 amide bonds. The third-order valence-electron chi connectivity index (χ3n) is 2.90. The predicted octanol–water partition coefficient (Wildman–Crippen LogP) is 1.52. The Labute approximate surface area is 104 Å². The van der Waals surface area contributed by atoms with Crippen molar-refractivity contribution in [3.63, 3.8) is 0 Å². The van der Waals surface area contributed by atoms with Crippen molar-refractivity contribution in [3.8, 4) is 5.75 Å². The second-order valence-corrected chi connectivity index (χ2v) is 3.89. The fourth-order valence-electron chi connectivity index (χ4n) is 1.74. The highest BCUT2D eigenvalue weighted by molar-refractivity contribution is 5.29. The van der Waals surface area contributed by atoms with Gasteiger partial charge in [-0.2, -0.15) is 0 Å². The van der Waals surface area contributed by atoms with E-state index in [1.165, 1.54) is 0 Å². The van der Waals surface area contributed by atoms with Crippen molar-refractivity contribution in [1.29, 1.82) is 0 Å². The van der Waals surface area contributed by atoms with Crippen LogP contribution in [0.3, 0.4) is 0 Å². The molecule has 0 atom stereocenters. The Hall–Kier alpha value is -1.13. The first-order valence-electron chi connectivity index (χ1n) is 6.21. The largest absolute Gasteiger partial charge is 0.495 e. The molecule has 1 N–H and O–H groups in total. The Balaban J connectivity index is 2.30. The van der Waals surface area contributed by atoms with Gasteiger partial charge in [0.15, 0.2) is 0 Å². The van der Waals surface area contributed by atoms with E-state index in [2.05, 4.69) is 29.0 Å². The molecular formula is C13H23N3O. The van der Waals surface area contributed by atoms with Crippen LogP contribution in [0, 0.1) is 0 Å². The summed E-state index contributed by atoms with van der Waals surface area (Å²) in [5, 5.41) is 3.43. The summed E-state index contributed by atoms with van der Waals surface area (Å²) in [6.45, 7) is 9.50. The van der Waals surface area contributed by atoms with E-state index < -0.39 is 0 Å². The molecule has 1 aromatic heterocycles. The quantitative estimate of drug-likeness (QED) is 0.696. The van der Waals surface area contributed by atoms with E-state index in [-0.39, 0.29) is 0 Å². The van der Waals surface area contributed by atoms with Gasteiger partial charge in [-0.1, -0.05) is 13.8 Å². The molecule has 0 spiro atoms. The van der Waals surface area contributed by atoms with E-state index in [9.17, 15) is 0 Å². The smallest absolute Gasteiger partial charge is 0.141 e. The lowest BCUT2D eigenvalue weighted by Crippen LogP contribution is -2.31. The highest BCUT2D eigenvalue weighted by atomic mass is 16.5. The minimum absolute atomic E-state index is 0.826. The van der Waals surface area contributed by atoms with Gasteiger partial charge in [-0.05, 0) is 19.2 Å². The highest BCUT2D eigenvalue weighted by Gasteiger charge is 2.02. The van der Waals surface area contributed by atoms with Crippen molar-refractivity contribution < 1.29 is 4.74 Å². The summed E-state index contributed by atoms with van der Waals surface area (Å²) < 4.78 is 5.25. The molecule has 4 heteroatoms. The number of hydrogen-bond acceptors (Lipinski definition) is 4. The molecule has 4 nitrogen and oxygen atoms in total. The topological polar surface area (TPSA) is 37.4 Å². The minimum atomic E-state index is 0.826. The van der Waals surface area contributed by atoms with Crippen molar-refractivity contribution in [2.45, 2.75) is 20.4 Å². The summed E-state index contributed by atoms with van der Waals surface area (Å²) in [5.41, 5.74) is 1.15. The van der Waals surface area contributed by atoms with Crippen LogP contribution in [0.1, 0.15) is 19.4 Å². The molecule has 0 unspecified atom stereocenters. The minimum Gasteiger partial charge on any atom is -0.495 e. The molecule has 96 valence electrons. The fourth-order valence-corrected chi connectivity index (χ4v) is 1.74. The summed E-state index contributed by atoms with van der Waals surface area (Å²) in [4.78, 5) is 6.44. The molecule has 1 aromatic rings. The number of ether oxygens (including phenoxy) is 1. The molecule has 0 saturated carbocycles. The zero-order valence-electron chi connectivity index (χ0n) is 11.1. The van der Waals surface area contributed by atoms with E-state index in [4.69, 9.17) is 4.74 Å². The van der Waals surface area contributed by atoms with Gasteiger partial charge in [0, 0.05) is 31.4 Å². The van der Waals surface area contributed by atoms with Crippen molar-refractivity contribution in [2.75, 3.05) is 33.3 Å². The average molecular weight is 237 g/mol. The summed E-state index contributed by atoms with van der Waals surface area (Å²) in [6, 6.07) is 1.99. The van der Waals surface area contributed by atoms with Crippen LogP contribution in [0.25, 0.3) is 0 Å². The maximum absolute atomic E-state index is 5.25. The van der Waals surface area contributed by atoms with E-state index in [1.54, 1.807) is 19.5 Å². The molecule has 0 bridgehead atoms. The van der Waals surface area contributed by atoms with E-state index in [1.807, 2.05) is 6.07 Å². The third kappa shape index (κ3) is 4.71. The van der Waals surface area contributed by atoms with Gasteiger partial charge in [-0.15, -0.1) is 0 Å². The predicted molar refractivity (Wildman–Crippen MR) is 70.3 cm³/mol. The Bertz CT molecular complexity index is 313. The number of nitrogens with one attached hydrogen (secondary N) is 1. The normalized spacial score (nSPS) is 10.8. The summed E-state index contributed by atoms with van der Waals surface area (Å²) in [6.07, 6.45) is 3.55. The number of methoxy groups -OCH3 is 1. The molecule has 0 aliphatic rings. The maximum atomic E-state index is 5.25. The lowest BCUT2D eigenvalue weighted by atomic mass is 10.2. The number of aromatic nitrogens is 1. The Morgan fingerprint density at radius 2 is 2.12 bits per heavy atom. The summed E-state index contributed by atoms with van der Waals surface area (Å²) in [5.74, 6) is 0.850. The molecule has 0 fully saturated rings. The molecule has 0 saturated heterocycles. The Morgan fingerprint density at radius 1 is 1.35 bits per heavy atom. The monoisotopic (exact) mass is 237 g/mol. The van der Waals surface area contributed by atoms with E-state index >= 15 is 0 Å². The number of rotatable bonds is 8. The first-order valence-corrected chi connectivity index (χ1v) is 6.21. The van der Waals surface area contributed by atoms with Gasteiger partial charge in [0.05, 0.1) is 13.3 Å². The van der Waals surface area contributed by atoms with Crippen LogP contribution in [-0.4, -0.2) is 43.2 Å². The van der Waals surface area contributed by atoms with Crippen LogP contribution in [0.4, 0.5) is 0 Å². The first kappa shape index (κ1) is 13.9. The van der Waals surface area contributed by atoms with Gasteiger partial charge in [0.2, 0.25) is 0 Å². The van der Waals surface area contributed by atoms with Gasteiger partial charge in [0.25, 0.3) is 0 Å². The summed E-state index contributed by atoms with van der Waals surface area (Å²) in [7, 11) is 1.68. The van der Waals surface area contributed by atoms with Crippen LogP contribution in [0.5, 0.6) is 5.75 Å². The molecule has 1 rings (SSSR count). The first-order chi connectivity index (χ1) is 8.31. The van der Waals surface area contributed by atoms with Crippen LogP contribution < -0.4 is 10.1 Å². The molecule has 0 aliphatic heterocycles. The maximum Gasteiger partial charge on any atom is 0.141 e. The molecule has 0 aromatic carbocycles. The second kappa shape index (κ2) is 8.03. The zero-order valence-corrected chi connectivity index (χ0v) is 11.1. The van der Waals surface area contributed by atoms with Gasteiger partial charge < -0.3 is 15.0 Å². The number of likely N-dealkylation sites (N-methyl/N-ethyl adjacent to an activating group) is 1. The van der Waals surface area contributed by atoms with Gasteiger partial charge in [-0.3, -0.25) is 4.98 Å². The molecular weight excluding hydrogens is 214 g/mol. The van der Waals surface area contributed by atoms with Crippen molar-refractivity contribution in [1.82, 2.24) is 15.2 Å². The number of hydrogen-bond donors (Lipinski definition) is 1. The van der Waals surface area contributed by atoms with Gasteiger partial charge in [0.1, 0.15) is 5.75 Å². The van der Waals surface area contributed by atoms with Crippen LogP contribution in [-0.2, 0) is 6.54 Å². The van der Waals surface area contributed by atoms with Crippen LogP contribution in [0.2, 0.25) is 0 Å². The SMILES string of the molecule is CCN(CC)CCNCc1ccncc1OC. The number of nitrogens with zero attached hydrogens (tertiary/aromatic N) is 2. The fraction of sp³-hybridized carbons (Fsp3) is 0.615. The van der Waals surface area contributed by atoms with Gasteiger partial charge in [-0.25, -0.2) is 0 Å². The lowest BCUT2D eigenvalue weighted by molar-refractivity contribution is 0.302. The third-order valence-corrected chi connectivity index (χ3v) is 2.90. The highest BCUT2D eigenvalue weighted by Crippen LogP contribution is 2.14.